The van der Waals surface area contributed by atoms with E-state index in [1.165, 1.54) is 0 Å². The van der Waals surface area contributed by atoms with Crippen LogP contribution in [0.3, 0.4) is 0 Å². The molecule has 6 aromatic heterocycles. The predicted molar refractivity (Wildman–Crippen MR) is 130 cm³/mol. The van der Waals surface area contributed by atoms with Crippen LogP contribution in [0.1, 0.15) is 0 Å². The molecule has 160 valence electrons. The first-order chi connectivity index (χ1) is 16.2. The van der Waals surface area contributed by atoms with Gasteiger partial charge in [-0.3, -0.25) is 20.1 Å². The first-order valence-electron chi connectivity index (χ1n) is 10.5. The molecule has 0 fully saturated rings. The Morgan fingerprint density at radius 1 is 0.848 bits per heavy atom. The Kier molecular flexibility index (Phi) is 4.36. The summed E-state index contributed by atoms with van der Waals surface area (Å²) in [6, 6.07) is 14.0. The molecule has 0 aliphatic rings. The molecule has 0 aromatic carbocycles. The molecule has 2 N–H and O–H groups in total. The molecule has 0 radical (unpaired) electrons. The zero-order valence-corrected chi connectivity index (χ0v) is 18.1. The van der Waals surface area contributed by atoms with Crippen LogP contribution in [0.5, 0.6) is 0 Å². The number of anilines is 1. The summed E-state index contributed by atoms with van der Waals surface area (Å²) in [5.74, 6) is 0. The molecule has 0 aliphatic carbocycles. The molecule has 6 aromatic rings. The quantitative estimate of drug-likeness (QED) is 0.419. The number of nitrogens with one attached hydrogen (secondary N) is 2. The average molecular weight is 432 g/mol. The highest BCUT2D eigenvalue weighted by Gasteiger charge is 2.16. The van der Waals surface area contributed by atoms with Gasteiger partial charge in [0, 0.05) is 49.2 Å². The van der Waals surface area contributed by atoms with Crippen LogP contribution < -0.4 is 4.90 Å². The number of H-pyrrole nitrogens is 2. The minimum Gasteiger partial charge on any atom is -0.376 e. The van der Waals surface area contributed by atoms with Gasteiger partial charge in [-0.1, -0.05) is 6.07 Å². The molecule has 6 heterocycles. The van der Waals surface area contributed by atoms with Gasteiger partial charge in [0.1, 0.15) is 11.2 Å². The van der Waals surface area contributed by atoms with Crippen LogP contribution in [-0.4, -0.2) is 49.2 Å². The molecule has 6 rings (SSSR count). The number of pyridine rings is 4. The topological polar surface area (TPSA) is 99.3 Å². The first-order valence-corrected chi connectivity index (χ1v) is 10.5. The van der Waals surface area contributed by atoms with Crippen molar-refractivity contribution in [2.45, 2.75) is 0 Å². The lowest BCUT2D eigenvalue weighted by molar-refractivity contribution is 1.11. The Morgan fingerprint density at radius 2 is 1.76 bits per heavy atom. The van der Waals surface area contributed by atoms with Crippen LogP contribution in [0.4, 0.5) is 5.69 Å². The Bertz CT molecular complexity index is 1600. The van der Waals surface area contributed by atoms with Gasteiger partial charge in [-0.2, -0.15) is 5.10 Å². The summed E-state index contributed by atoms with van der Waals surface area (Å²) in [5, 5.41) is 8.70. The number of rotatable bonds is 4. The average Bonchev–Trinajstić information content (AvgIpc) is 3.48. The van der Waals surface area contributed by atoms with Gasteiger partial charge in [-0.15, -0.1) is 0 Å². The minimum absolute atomic E-state index is 0.756. The fourth-order valence-electron chi connectivity index (χ4n) is 3.96. The van der Waals surface area contributed by atoms with Gasteiger partial charge >= 0.3 is 0 Å². The maximum atomic E-state index is 4.93. The first kappa shape index (κ1) is 19.1. The van der Waals surface area contributed by atoms with Crippen molar-refractivity contribution in [3.8, 4) is 33.9 Å². The van der Waals surface area contributed by atoms with Crippen LogP contribution in [0.25, 0.3) is 55.8 Å². The molecule has 33 heavy (non-hydrogen) atoms. The number of aromatic nitrogens is 7. The second-order valence-corrected chi connectivity index (χ2v) is 8.04. The third-order valence-electron chi connectivity index (χ3n) is 5.69. The minimum atomic E-state index is 0.756. The SMILES string of the molecule is CN(C)c1cncc(-c2ccc3[nH]nc(-c4cc5c(-c6ccccn6)cncc5[nH]4)c3n2)c1. The number of fused-ring (bicyclic) bond motifs is 2. The molecule has 0 saturated carbocycles. The maximum Gasteiger partial charge on any atom is 0.135 e. The molecule has 8 heteroatoms. The lowest BCUT2D eigenvalue weighted by atomic mass is 10.1. The number of hydrogen-bond donors (Lipinski definition) is 2. The van der Waals surface area contributed by atoms with E-state index in [1.807, 2.05) is 74.1 Å². The third-order valence-corrected chi connectivity index (χ3v) is 5.69. The Labute approximate surface area is 189 Å². The smallest absolute Gasteiger partial charge is 0.135 e. The molecule has 8 nitrogen and oxygen atoms in total. The number of aromatic amines is 2. The molecule has 0 atom stereocenters. The Balaban J connectivity index is 1.48. The van der Waals surface area contributed by atoms with Crippen molar-refractivity contribution in [1.29, 1.82) is 0 Å². The summed E-state index contributed by atoms with van der Waals surface area (Å²) < 4.78 is 0. The van der Waals surface area contributed by atoms with E-state index in [1.54, 1.807) is 6.20 Å². The highest BCUT2D eigenvalue weighted by Crippen LogP contribution is 2.33. The Morgan fingerprint density at radius 3 is 2.61 bits per heavy atom. The second kappa shape index (κ2) is 7.52. The van der Waals surface area contributed by atoms with Gasteiger partial charge in [0.15, 0.2) is 0 Å². The van der Waals surface area contributed by atoms with Gasteiger partial charge in [-0.05, 0) is 36.4 Å². The number of hydrogen-bond acceptors (Lipinski definition) is 6. The van der Waals surface area contributed by atoms with Crippen molar-refractivity contribution >= 4 is 27.6 Å². The molecule has 0 saturated heterocycles. The van der Waals surface area contributed by atoms with Gasteiger partial charge in [0.25, 0.3) is 0 Å². The van der Waals surface area contributed by atoms with Crippen molar-refractivity contribution in [3.05, 3.63) is 73.4 Å². The van der Waals surface area contributed by atoms with Gasteiger partial charge < -0.3 is 9.88 Å². The molecule has 0 spiro atoms. The standard InChI is InChI=1S/C25H20N8/c1-33(2)16-9-15(11-26-12-16)19-6-7-21-24(30-19)25(32-31-21)22-10-17-18(13-27-14-23(17)29-22)20-5-3-4-8-28-20/h3-14,29H,1-2H3,(H,31,32). The molecule has 0 bridgehead atoms. The van der Waals surface area contributed by atoms with Crippen molar-refractivity contribution in [2.24, 2.45) is 0 Å². The van der Waals surface area contributed by atoms with E-state index in [9.17, 15) is 0 Å². The van der Waals surface area contributed by atoms with Crippen LogP contribution in [0.15, 0.2) is 73.4 Å². The summed E-state index contributed by atoms with van der Waals surface area (Å²) in [7, 11) is 3.99. The fraction of sp³-hybridized carbons (Fsp3) is 0.0800. The van der Waals surface area contributed by atoms with Crippen LogP contribution in [0, 0.1) is 0 Å². The Hall–Kier alpha value is -4.59. The lowest BCUT2D eigenvalue weighted by Crippen LogP contribution is -2.08. The predicted octanol–water partition coefficient (Wildman–Crippen LogP) is 4.69. The third kappa shape index (κ3) is 3.28. The second-order valence-electron chi connectivity index (χ2n) is 8.04. The largest absolute Gasteiger partial charge is 0.376 e. The number of nitrogens with zero attached hydrogens (tertiary/aromatic N) is 6. The van der Waals surface area contributed by atoms with Crippen molar-refractivity contribution in [3.63, 3.8) is 0 Å². The lowest BCUT2D eigenvalue weighted by Gasteiger charge is -2.12. The molecule has 0 aliphatic heterocycles. The molecular weight excluding hydrogens is 412 g/mol. The van der Waals surface area contributed by atoms with E-state index in [4.69, 9.17) is 4.98 Å². The van der Waals surface area contributed by atoms with Crippen molar-refractivity contribution in [1.82, 2.24) is 35.1 Å². The van der Waals surface area contributed by atoms with Crippen LogP contribution in [0.2, 0.25) is 0 Å². The summed E-state index contributed by atoms with van der Waals surface area (Å²) in [4.78, 5) is 23.7. The van der Waals surface area contributed by atoms with E-state index < -0.39 is 0 Å². The van der Waals surface area contributed by atoms with E-state index in [2.05, 4.69) is 42.3 Å². The fourth-order valence-corrected chi connectivity index (χ4v) is 3.96. The molecule has 0 unspecified atom stereocenters. The zero-order chi connectivity index (χ0) is 22.4. The van der Waals surface area contributed by atoms with Crippen LogP contribution in [-0.2, 0) is 0 Å². The van der Waals surface area contributed by atoms with E-state index in [0.717, 1.165) is 61.5 Å². The van der Waals surface area contributed by atoms with Crippen LogP contribution >= 0.6 is 0 Å². The normalized spacial score (nSPS) is 11.3. The highest BCUT2D eigenvalue weighted by atomic mass is 15.1. The van der Waals surface area contributed by atoms with E-state index in [0.29, 0.717) is 0 Å². The summed E-state index contributed by atoms with van der Waals surface area (Å²) >= 11 is 0. The summed E-state index contributed by atoms with van der Waals surface area (Å²) in [6.45, 7) is 0. The van der Waals surface area contributed by atoms with Gasteiger partial charge in [0.05, 0.1) is 46.2 Å². The molecule has 0 amide bonds. The maximum absolute atomic E-state index is 4.93. The van der Waals surface area contributed by atoms with Crippen molar-refractivity contribution in [2.75, 3.05) is 19.0 Å². The molecular formula is C25H20N8. The zero-order valence-electron chi connectivity index (χ0n) is 18.1. The van der Waals surface area contributed by atoms with Gasteiger partial charge in [0.2, 0.25) is 0 Å². The van der Waals surface area contributed by atoms with Crippen molar-refractivity contribution < 1.29 is 0 Å². The van der Waals surface area contributed by atoms with Gasteiger partial charge in [-0.25, -0.2) is 4.98 Å². The highest BCUT2D eigenvalue weighted by molar-refractivity contribution is 5.99. The summed E-state index contributed by atoms with van der Waals surface area (Å²) in [6.07, 6.45) is 9.11. The van der Waals surface area contributed by atoms with E-state index in [-0.39, 0.29) is 0 Å². The monoisotopic (exact) mass is 432 g/mol. The van der Waals surface area contributed by atoms with E-state index >= 15 is 0 Å². The summed E-state index contributed by atoms with van der Waals surface area (Å²) in [5.41, 5.74) is 8.86.